The maximum atomic E-state index is 5.43. The molecule has 0 amide bonds. The molecule has 0 aliphatic heterocycles. The predicted octanol–water partition coefficient (Wildman–Crippen LogP) is 4.07. The largest absolute Gasteiger partial charge is 0.496 e. The molecular weight excluding hydrogens is 258 g/mol. The molecule has 0 aromatic heterocycles. The number of para-hydroxylation sites is 1. The minimum absolute atomic E-state index is 0.484. The molecule has 21 heavy (non-hydrogen) atoms. The molecule has 0 bridgehead atoms. The molecule has 0 heterocycles. The molecule has 0 spiro atoms. The summed E-state index contributed by atoms with van der Waals surface area (Å²) >= 11 is 0. The zero-order valence-electron chi connectivity index (χ0n) is 13.5. The maximum Gasteiger partial charge on any atom is 0.123 e. The Labute approximate surface area is 128 Å². The Kier molecular flexibility index (Phi) is 5.40. The lowest BCUT2D eigenvalue weighted by Gasteiger charge is -2.25. The van der Waals surface area contributed by atoms with E-state index in [9.17, 15) is 0 Å². The smallest absolute Gasteiger partial charge is 0.123 e. The lowest BCUT2D eigenvalue weighted by atomic mass is 10.0. The maximum absolute atomic E-state index is 5.43. The zero-order valence-corrected chi connectivity index (χ0v) is 13.5. The summed E-state index contributed by atoms with van der Waals surface area (Å²) in [6, 6.07) is 17.5. The molecule has 0 radical (unpaired) electrons. The summed E-state index contributed by atoms with van der Waals surface area (Å²) in [6.45, 7) is 5.30. The number of aryl methyl sites for hydroxylation is 1. The summed E-state index contributed by atoms with van der Waals surface area (Å²) in [5.41, 5.74) is 3.94. The van der Waals surface area contributed by atoms with E-state index < -0.39 is 0 Å². The minimum Gasteiger partial charge on any atom is -0.496 e. The van der Waals surface area contributed by atoms with Crippen molar-refractivity contribution < 1.29 is 4.74 Å². The Morgan fingerprint density at radius 3 is 2.38 bits per heavy atom. The van der Waals surface area contributed by atoms with Crippen LogP contribution in [0.5, 0.6) is 5.75 Å². The Hall–Kier alpha value is -1.80. The first-order valence-corrected chi connectivity index (χ1v) is 7.48. The number of benzene rings is 2. The molecular formula is C19H25NO. The highest BCUT2D eigenvalue weighted by molar-refractivity contribution is 5.33. The van der Waals surface area contributed by atoms with Crippen LogP contribution in [0.2, 0.25) is 0 Å². The summed E-state index contributed by atoms with van der Waals surface area (Å²) in [5, 5.41) is 0. The van der Waals surface area contributed by atoms with Crippen molar-refractivity contribution in [1.29, 1.82) is 0 Å². The monoisotopic (exact) mass is 283 g/mol. The second-order valence-corrected chi connectivity index (χ2v) is 5.77. The van der Waals surface area contributed by atoms with Crippen molar-refractivity contribution in [3.8, 4) is 5.75 Å². The molecule has 0 N–H and O–H groups in total. The van der Waals surface area contributed by atoms with E-state index >= 15 is 0 Å². The Morgan fingerprint density at radius 2 is 1.71 bits per heavy atom. The Bertz CT molecular complexity index is 562. The molecule has 1 atom stereocenters. The number of methoxy groups -OCH3 is 1. The van der Waals surface area contributed by atoms with Crippen LogP contribution in [0.25, 0.3) is 0 Å². The molecule has 1 unspecified atom stereocenters. The molecule has 0 aliphatic carbocycles. The van der Waals surface area contributed by atoms with Crippen LogP contribution in [0.1, 0.15) is 23.6 Å². The third-order valence-corrected chi connectivity index (χ3v) is 4.02. The van der Waals surface area contributed by atoms with Gasteiger partial charge in [0.2, 0.25) is 0 Å². The van der Waals surface area contributed by atoms with E-state index in [0.717, 1.165) is 18.7 Å². The van der Waals surface area contributed by atoms with E-state index in [-0.39, 0.29) is 0 Å². The highest BCUT2D eigenvalue weighted by atomic mass is 16.5. The van der Waals surface area contributed by atoms with Gasteiger partial charge in [-0.25, -0.2) is 0 Å². The molecule has 0 saturated carbocycles. The number of rotatable bonds is 6. The fourth-order valence-electron chi connectivity index (χ4n) is 2.48. The van der Waals surface area contributed by atoms with Gasteiger partial charge in [0.15, 0.2) is 0 Å². The number of ether oxygens (including phenoxy) is 1. The molecule has 112 valence electrons. The first-order valence-electron chi connectivity index (χ1n) is 7.48. The van der Waals surface area contributed by atoms with Crippen LogP contribution in [0.3, 0.4) is 0 Å². The van der Waals surface area contributed by atoms with Gasteiger partial charge in [0, 0.05) is 18.2 Å². The van der Waals surface area contributed by atoms with E-state index in [1.165, 1.54) is 16.7 Å². The topological polar surface area (TPSA) is 12.5 Å². The third kappa shape index (κ3) is 4.33. The number of likely N-dealkylation sites (N-methyl/N-ethyl adjacent to an activating group) is 1. The molecule has 2 nitrogen and oxygen atoms in total. The van der Waals surface area contributed by atoms with E-state index in [1.54, 1.807) is 7.11 Å². The normalized spacial score (nSPS) is 12.4. The second-order valence-electron chi connectivity index (χ2n) is 5.77. The molecule has 2 heteroatoms. The number of hydrogen-bond acceptors (Lipinski definition) is 2. The van der Waals surface area contributed by atoms with Crippen LogP contribution >= 0.6 is 0 Å². The van der Waals surface area contributed by atoms with Gasteiger partial charge in [-0.2, -0.15) is 0 Å². The van der Waals surface area contributed by atoms with Crippen molar-refractivity contribution in [3.05, 3.63) is 65.2 Å². The molecule has 2 rings (SSSR count). The van der Waals surface area contributed by atoms with Crippen LogP contribution in [0, 0.1) is 6.92 Å². The highest BCUT2D eigenvalue weighted by Gasteiger charge is 2.12. The van der Waals surface area contributed by atoms with E-state index in [0.29, 0.717) is 6.04 Å². The van der Waals surface area contributed by atoms with Gasteiger partial charge in [-0.1, -0.05) is 48.0 Å². The van der Waals surface area contributed by atoms with Crippen LogP contribution < -0.4 is 4.74 Å². The van der Waals surface area contributed by atoms with Crippen molar-refractivity contribution in [1.82, 2.24) is 4.90 Å². The molecule has 2 aromatic carbocycles. The van der Waals surface area contributed by atoms with E-state index in [1.807, 2.05) is 12.1 Å². The van der Waals surface area contributed by atoms with Gasteiger partial charge in [0.05, 0.1) is 7.11 Å². The zero-order chi connectivity index (χ0) is 15.2. The van der Waals surface area contributed by atoms with Crippen molar-refractivity contribution in [2.45, 2.75) is 32.9 Å². The standard InChI is InChI=1S/C19H25NO/c1-15-9-11-17(12-10-15)13-16(2)20(3)14-18-7-5-6-8-19(18)21-4/h5-12,16H,13-14H2,1-4H3. The van der Waals surface area contributed by atoms with Gasteiger partial charge in [-0.05, 0) is 38.9 Å². The lowest BCUT2D eigenvalue weighted by Crippen LogP contribution is -2.30. The third-order valence-electron chi connectivity index (χ3n) is 4.02. The quantitative estimate of drug-likeness (QED) is 0.792. The van der Waals surface area contributed by atoms with E-state index in [2.05, 4.69) is 62.2 Å². The first-order chi connectivity index (χ1) is 10.1. The fourth-order valence-corrected chi connectivity index (χ4v) is 2.48. The van der Waals surface area contributed by atoms with Gasteiger partial charge in [-0.15, -0.1) is 0 Å². The van der Waals surface area contributed by atoms with Crippen molar-refractivity contribution >= 4 is 0 Å². The first kappa shape index (κ1) is 15.6. The number of hydrogen-bond donors (Lipinski definition) is 0. The summed E-state index contributed by atoms with van der Waals surface area (Å²) in [6.07, 6.45) is 1.06. The average Bonchev–Trinajstić information content (AvgIpc) is 2.50. The Balaban J connectivity index is 1.99. The fraction of sp³-hybridized carbons (Fsp3) is 0.368. The minimum atomic E-state index is 0.484. The molecule has 0 fully saturated rings. The lowest BCUT2D eigenvalue weighted by molar-refractivity contribution is 0.244. The molecule has 2 aromatic rings. The Morgan fingerprint density at radius 1 is 1.05 bits per heavy atom. The summed E-state index contributed by atoms with van der Waals surface area (Å²) < 4.78 is 5.43. The van der Waals surface area contributed by atoms with Crippen LogP contribution in [0.4, 0.5) is 0 Å². The van der Waals surface area contributed by atoms with Crippen LogP contribution in [-0.2, 0) is 13.0 Å². The predicted molar refractivity (Wildman–Crippen MR) is 88.8 cm³/mol. The van der Waals surface area contributed by atoms with Crippen molar-refractivity contribution in [2.75, 3.05) is 14.2 Å². The summed E-state index contributed by atoms with van der Waals surface area (Å²) in [4.78, 5) is 2.37. The SMILES string of the molecule is COc1ccccc1CN(C)C(C)Cc1ccc(C)cc1. The highest BCUT2D eigenvalue weighted by Crippen LogP contribution is 2.20. The van der Waals surface area contributed by atoms with Crippen LogP contribution in [0.15, 0.2) is 48.5 Å². The van der Waals surface area contributed by atoms with Crippen LogP contribution in [-0.4, -0.2) is 25.1 Å². The number of nitrogens with zero attached hydrogens (tertiary/aromatic N) is 1. The second kappa shape index (κ2) is 7.28. The summed E-state index contributed by atoms with van der Waals surface area (Å²) in [7, 11) is 3.90. The molecule has 0 aliphatic rings. The molecule has 0 saturated heterocycles. The van der Waals surface area contributed by atoms with Crippen molar-refractivity contribution in [3.63, 3.8) is 0 Å². The van der Waals surface area contributed by atoms with Gasteiger partial charge >= 0.3 is 0 Å². The average molecular weight is 283 g/mol. The van der Waals surface area contributed by atoms with E-state index in [4.69, 9.17) is 4.74 Å². The van der Waals surface area contributed by atoms with Gasteiger partial charge in [0.1, 0.15) is 5.75 Å². The van der Waals surface area contributed by atoms with Crippen molar-refractivity contribution in [2.24, 2.45) is 0 Å². The van der Waals surface area contributed by atoms with Gasteiger partial charge in [-0.3, -0.25) is 4.90 Å². The van der Waals surface area contributed by atoms with Gasteiger partial charge < -0.3 is 4.74 Å². The summed E-state index contributed by atoms with van der Waals surface area (Å²) in [5.74, 6) is 0.965. The van der Waals surface area contributed by atoms with Gasteiger partial charge in [0.25, 0.3) is 0 Å².